The first-order valence-corrected chi connectivity index (χ1v) is 9.63. The van der Waals surface area contributed by atoms with Gasteiger partial charge in [0.05, 0.1) is 0 Å². The molecule has 2 nitrogen and oxygen atoms in total. The average molecular weight is 401 g/mol. The van der Waals surface area contributed by atoms with Gasteiger partial charge in [-0.2, -0.15) is 0 Å². The third-order valence-electron chi connectivity index (χ3n) is 4.19. The van der Waals surface area contributed by atoms with Crippen molar-refractivity contribution in [3.63, 3.8) is 0 Å². The lowest BCUT2D eigenvalue weighted by Crippen LogP contribution is -2.22. The van der Waals surface area contributed by atoms with Crippen molar-refractivity contribution in [2.24, 2.45) is 0 Å². The molecule has 3 aromatic carbocycles. The largest absolute Gasteiger partial charge is 0.341 e. The summed E-state index contributed by atoms with van der Waals surface area (Å²) in [4.78, 5) is 13.2. The van der Waals surface area contributed by atoms with Gasteiger partial charge in [0.1, 0.15) is 6.10 Å². The third-order valence-corrected chi connectivity index (χ3v) is 6.00. The van der Waals surface area contributed by atoms with E-state index in [9.17, 15) is 4.79 Å². The van der Waals surface area contributed by atoms with Crippen LogP contribution in [0.4, 0.5) is 0 Å². The summed E-state index contributed by atoms with van der Waals surface area (Å²) in [5.41, 5.74) is 1.56. The number of Topliss-reactive ketones (excluding diaryl/α,β-unsaturated/α-hetero) is 1. The number of hydrogen-bond acceptors (Lipinski definition) is 3. The van der Waals surface area contributed by atoms with Crippen LogP contribution in [0.5, 0.6) is 0 Å². The van der Waals surface area contributed by atoms with Crippen LogP contribution in [-0.4, -0.2) is 10.7 Å². The van der Waals surface area contributed by atoms with Gasteiger partial charge >= 0.3 is 0 Å². The molecule has 2 atom stereocenters. The van der Waals surface area contributed by atoms with Crippen molar-refractivity contribution >= 4 is 40.7 Å². The van der Waals surface area contributed by atoms with Gasteiger partial charge in [0.25, 0.3) is 0 Å². The molecular formula is C21H14Cl2O2S. The molecule has 0 aliphatic carbocycles. The summed E-state index contributed by atoms with van der Waals surface area (Å²) >= 11 is 13.3. The Hall–Kier alpha value is -1.78. The molecule has 2 unspecified atom stereocenters. The quantitative estimate of drug-likeness (QED) is 0.364. The topological polar surface area (TPSA) is 29.6 Å². The Labute approximate surface area is 166 Å². The van der Waals surface area contributed by atoms with Gasteiger partial charge in [0.2, 0.25) is 10.7 Å². The summed E-state index contributed by atoms with van der Waals surface area (Å²) < 4.78 is 6.02. The van der Waals surface area contributed by atoms with Crippen LogP contribution in [0.15, 0.2) is 83.8 Å². The van der Waals surface area contributed by atoms with Gasteiger partial charge in [-0.3, -0.25) is 4.79 Å². The van der Waals surface area contributed by atoms with Gasteiger partial charge in [0.15, 0.2) is 0 Å². The second-order valence-corrected chi connectivity index (χ2v) is 8.12. The van der Waals surface area contributed by atoms with Crippen molar-refractivity contribution in [2.45, 2.75) is 15.9 Å². The van der Waals surface area contributed by atoms with Gasteiger partial charge in [-0.15, -0.1) is 0 Å². The molecule has 1 saturated heterocycles. The van der Waals surface area contributed by atoms with Crippen LogP contribution in [-0.2, 0) is 4.74 Å². The van der Waals surface area contributed by atoms with E-state index in [4.69, 9.17) is 27.9 Å². The maximum atomic E-state index is 13.3. The maximum absolute atomic E-state index is 13.3. The summed E-state index contributed by atoms with van der Waals surface area (Å²) in [6.45, 7) is 0. The number of carbonyl (C=O) groups excluding carboxylic acids is 1. The molecule has 26 heavy (non-hydrogen) atoms. The molecule has 0 saturated carbocycles. The van der Waals surface area contributed by atoms with Gasteiger partial charge in [0, 0.05) is 20.5 Å². The van der Waals surface area contributed by atoms with Crippen molar-refractivity contribution < 1.29 is 9.53 Å². The minimum absolute atomic E-state index is 0.0667. The first-order valence-electron chi connectivity index (χ1n) is 8.06. The number of ketones is 1. The molecule has 1 aliphatic heterocycles. The number of epoxide rings is 1. The zero-order chi connectivity index (χ0) is 18.1. The molecule has 3 aromatic rings. The molecule has 5 heteroatoms. The maximum Gasteiger partial charge on any atom is 0.212 e. The minimum Gasteiger partial charge on any atom is -0.341 e. The monoisotopic (exact) mass is 400 g/mol. The first kappa shape index (κ1) is 17.6. The number of rotatable bonds is 5. The summed E-state index contributed by atoms with van der Waals surface area (Å²) in [6, 6.07) is 24.1. The highest BCUT2D eigenvalue weighted by Gasteiger charge is 2.64. The Morgan fingerprint density at radius 2 is 1.42 bits per heavy atom. The van der Waals surface area contributed by atoms with E-state index in [2.05, 4.69) is 0 Å². The number of thioether (sulfide) groups is 1. The van der Waals surface area contributed by atoms with Crippen LogP contribution in [0.3, 0.4) is 0 Å². The molecule has 0 bridgehead atoms. The number of hydrogen-bond donors (Lipinski definition) is 0. The highest BCUT2D eigenvalue weighted by molar-refractivity contribution is 8.01. The molecule has 1 aliphatic rings. The van der Waals surface area contributed by atoms with Gasteiger partial charge < -0.3 is 4.74 Å². The summed E-state index contributed by atoms with van der Waals surface area (Å²) in [6.07, 6.45) is -0.299. The Bertz CT molecular complexity index is 926. The second kappa shape index (κ2) is 7.09. The lowest BCUT2D eigenvalue weighted by Gasteiger charge is -2.12. The molecule has 4 rings (SSSR count). The van der Waals surface area contributed by atoms with E-state index in [0.717, 1.165) is 10.5 Å². The smallest absolute Gasteiger partial charge is 0.212 e. The number of halogens is 2. The highest BCUT2D eigenvalue weighted by atomic mass is 35.5. The molecular weight excluding hydrogens is 387 g/mol. The van der Waals surface area contributed by atoms with E-state index in [1.54, 1.807) is 24.3 Å². The molecule has 0 aromatic heterocycles. The number of ether oxygens (including phenoxy) is 1. The van der Waals surface area contributed by atoms with Gasteiger partial charge in [-0.05, 0) is 54.1 Å². The van der Waals surface area contributed by atoms with E-state index < -0.39 is 4.93 Å². The van der Waals surface area contributed by atoms with E-state index in [1.165, 1.54) is 11.8 Å². The predicted molar refractivity (Wildman–Crippen MR) is 106 cm³/mol. The first-order chi connectivity index (χ1) is 12.6. The van der Waals surface area contributed by atoms with Crippen molar-refractivity contribution in [3.05, 3.63) is 100 Å². The molecule has 0 amide bonds. The molecule has 0 spiro atoms. The van der Waals surface area contributed by atoms with Gasteiger partial charge in [-0.25, -0.2) is 0 Å². The van der Waals surface area contributed by atoms with Crippen LogP contribution in [0.25, 0.3) is 0 Å². The SMILES string of the molecule is O=C(c1ccc(Cl)cc1)C1(Sc2ccc(Cl)cc2)OC1c1ccccc1. The van der Waals surface area contributed by atoms with Crippen molar-refractivity contribution in [1.82, 2.24) is 0 Å². The average Bonchev–Trinajstić information content (AvgIpc) is 3.40. The number of benzene rings is 3. The van der Waals surface area contributed by atoms with Crippen LogP contribution >= 0.6 is 35.0 Å². The fraction of sp³-hybridized carbons (Fsp3) is 0.0952. The van der Waals surface area contributed by atoms with Gasteiger partial charge in [-0.1, -0.05) is 65.3 Å². The minimum atomic E-state index is -0.983. The third kappa shape index (κ3) is 3.40. The van der Waals surface area contributed by atoms with Crippen LogP contribution in [0.2, 0.25) is 10.0 Å². The molecule has 0 N–H and O–H groups in total. The van der Waals surface area contributed by atoms with Crippen LogP contribution in [0, 0.1) is 0 Å². The van der Waals surface area contributed by atoms with Crippen molar-refractivity contribution in [2.75, 3.05) is 0 Å². The zero-order valence-corrected chi connectivity index (χ0v) is 15.9. The highest BCUT2D eigenvalue weighted by Crippen LogP contribution is 2.60. The Kier molecular flexibility index (Phi) is 4.80. The predicted octanol–water partition coefficient (Wildman–Crippen LogP) is 6.44. The van der Waals surface area contributed by atoms with E-state index in [0.29, 0.717) is 15.6 Å². The molecule has 1 fully saturated rings. The second-order valence-electron chi connectivity index (χ2n) is 5.97. The van der Waals surface area contributed by atoms with E-state index >= 15 is 0 Å². The summed E-state index contributed by atoms with van der Waals surface area (Å²) in [5, 5.41) is 1.25. The summed E-state index contributed by atoms with van der Waals surface area (Å²) in [7, 11) is 0. The zero-order valence-electron chi connectivity index (χ0n) is 13.6. The fourth-order valence-electron chi connectivity index (χ4n) is 2.83. The Morgan fingerprint density at radius 1 is 0.846 bits per heavy atom. The van der Waals surface area contributed by atoms with E-state index in [-0.39, 0.29) is 11.9 Å². The van der Waals surface area contributed by atoms with Crippen LogP contribution < -0.4 is 0 Å². The lowest BCUT2D eigenvalue weighted by molar-refractivity contribution is 0.0935. The number of carbonyl (C=O) groups is 1. The Balaban J connectivity index is 1.69. The molecule has 0 radical (unpaired) electrons. The fourth-order valence-corrected chi connectivity index (χ4v) is 4.31. The van der Waals surface area contributed by atoms with Crippen molar-refractivity contribution in [1.29, 1.82) is 0 Å². The lowest BCUT2D eigenvalue weighted by atomic mass is 10.0. The standard InChI is InChI=1S/C21H14Cl2O2S/c22-16-8-6-14(7-9-16)19(24)21(26-18-12-10-17(23)11-13-18)20(25-21)15-4-2-1-3-5-15/h1-13,20H. The van der Waals surface area contributed by atoms with E-state index in [1.807, 2.05) is 54.6 Å². The normalized spacial score (nSPS) is 21.4. The van der Waals surface area contributed by atoms with Crippen LogP contribution in [0.1, 0.15) is 22.0 Å². The molecule has 1 heterocycles. The van der Waals surface area contributed by atoms with Crippen molar-refractivity contribution in [3.8, 4) is 0 Å². The molecule has 130 valence electrons. The summed E-state index contributed by atoms with van der Waals surface area (Å²) in [5.74, 6) is -0.0667. The Morgan fingerprint density at radius 3 is 2.04 bits per heavy atom.